The van der Waals surface area contributed by atoms with Gasteiger partial charge in [0.2, 0.25) is 18.2 Å². The van der Waals surface area contributed by atoms with E-state index in [1.807, 2.05) is 0 Å². The first-order chi connectivity index (χ1) is 30.4. The third kappa shape index (κ3) is 9.56. The van der Waals surface area contributed by atoms with Crippen LogP contribution in [0.15, 0.2) is 91.0 Å². The fraction of sp³-hybridized carbons (Fsp3) is 0.593. The molecule has 0 aromatic heterocycles. The van der Waals surface area contributed by atoms with Gasteiger partial charge in [-0.2, -0.15) is 0 Å². The van der Waals surface area contributed by atoms with E-state index >= 15 is 0 Å². The van der Waals surface area contributed by atoms with Gasteiger partial charge in [0, 0.05) is 0 Å². The van der Waals surface area contributed by atoms with Crippen molar-refractivity contribution < 1.29 is 42.9 Å². The van der Waals surface area contributed by atoms with Crippen LogP contribution < -0.4 is 0 Å². The van der Waals surface area contributed by atoms with E-state index in [2.05, 4.69) is 34.6 Å². The SMILES string of the molecule is CC(C)CCC[C@@H](C)[C@H]1CC[C@H]2[C@@H]3CC[C@H]4C[C@@H](O[C@@H]5O[C@H](COC(=O)c6ccccc6)[C@@H](OC(=O)c6ccccc6)[C@H](OC(=O)c6ccccc6)C5=O)CC[C@]4(C)[C@H]3CC[C@]12C. The fourth-order valence-corrected chi connectivity index (χ4v) is 13.2. The Kier molecular flexibility index (Phi) is 13.9. The smallest absolute Gasteiger partial charge is 0.338 e. The van der Waals surface area contributed by atoms with E-state index < -0.39 is 48.3 Å². The second-order valence-corrected chi connectivity index (χ2v) is 20.5. The molecule has 3 aromatic carbocycles. The molecule has 0 spiro atoms. The van der Waals surface area contributed by atoms with Crippen molar-refractivity contribution in [3.63, 3.8) is 0 Å². The van der Waals surface area contributed by atoms with Crippen molar-refractivity contribution in [2.45, 2.75) is 142 Å². The lowest BCUT2D eigenvalue weighted by molar-refractivity contribution is -0.257. The van der Waals surface area contributed by atoms with E-state index in [9.17, 15) is 19.2 Å². The Balaban J connectivity index is 0.990. The lowest BCUT2D eigenvalue weighted by Crippen LogP contribution is -2.61. The summed E-state index contributed by atoms with van der Waals surface area (Å²) in [7, 11) is 0. The third-order valence-electron chi connectivity index (χ3n) is 16.5. The maximum Gasteiger partial charge on any atom is 0.338 e. The van der Waals surface area contributed by atoms with Gasteiger partial charge in [-0.3, -0.25) is 4.79 Å². The van der Waals surface area contributed by atoms with Crippen molar-refractivity contribution >= 4 is 23.7 Å². The summed E-state index contributed by atoms with van der Waals surface area (Å²) in [6, 6.07) is 25.2. The molecule has 338 valence electrons. The number of hydrogen-bond donors (Lipinski definition) is 0. The van der Waals surface area contributed by atoms with Crippen molar-refractivity contribution in [1.82, 2.24) is 0 Å². The average molecular weight is 861 g/mol. The van der Waals surface area contributed by atoms with Gasteiger partial charge in [-0.1, -0.05) is 108 Å². The molecular formula is C54H68O9. The Morgan fingerprint density at radius 1 is 0.683 bits per heavy atom. The number of carbonyl (C=O) groups excluding carboxylic acids is 4. The molecule has 1 aliphatic heterocycles. The summed E-state index contributed by atoms with van der Waals surface area (Å²) >= 11 is 0. The highest BCUT2D eigenvalue weighted by molar-refractivity contribution is 5.95. The fourth-order valence-electron chi connectivity index (χ4n) is 13.2. The number of Topliss-reactive ketones (excluding diaryl/α,β-unsaturated/α-hetero) is 1. The summed E-state index contributed by atoms with van der Waals surface area (Å²) in [4.78, 5) is 55.1. The maximum absolute atomic E-state index is 14.6. The quantitative estimate of drug-likeness (QED) is 0.0888. The molecule has 13 atom stereocenters. The van der Waals surface area contributed by atoms with Gasteiger partial charge in [0.15, 0.2) is 6.10 Å². The van der Waals surface area contributed by atoms with E-state index in [4.69, 9.17) is 23.7 Å². The van der Waals surface area contributed by atoms with E-state index in [1.165, 1.54) is 51.4 Å². The summed E-state index contributed by atoms with van der Waals surface area (Å²) in [6.45, 7) is 12.0. The number of esters is 3. The van der Waals surface area contributed by atoms with Crippen LogP contribution in [0.3, 0.4) is 0 Å². The minimum absolute atomic E-state index is 0.196. The number of rotatable bonds is 14. The van der Waals surface area contributed by atoms with Gasteiger partial charge in [-0.15, -0.1) is 0 Å². The van der Waals surface area contributed by atoms with Crippen LogP contribution in [-0.4, -0.2) is 61.0 Å². The highest BCUT2D eigenvalue weighted by Gasteiger charge is 2.61. The zero-order chi connectivity index (χ0) is 44.3. The summed E-state index contributed by atoms with van der Waals surface area (Å²) in [5.41, 5.74) is 1.41. The van der Waals surface area contributed by atoms with Crippen molar-refractivity contribution in [3.8, 4) is 0 Å². The lowest BCUT2D eigenvalue weighted by Gasteiger charge is -2.61. The molecule has 0 radical (unpaired) electrons. The number of benzene rings is 3. The molecule has 63 heavy (non-hydrogen) atoms. The van der Waals surface area contributed by atoms with Crippen LogP contribution in [-0.2, 0) is 28.5 Å². The second kappa shape index (κ2) is 19.4. The summed E-state index contributed by atoms with van der Waals surface area (Å²) in [5, 5.41) is 0. The molecule has 5 fully saturated rings. The number of ketones is 1. The van der Waals surface area contributed by atoms with Gasteiger partial charge in [0.1, 0.15) is 12.7 Å². The highest BCUT2D eigenvalue weighted by atomic mass is 16.7. The molecule has 1 heterocycles. The molecule has 4 saturated carbocycles. The van der Waals surface area contributed by atoms with Crippen molar-refractivity contribution in [3.05, 3.63) is 108 Å². The number of carbonyl (C=O) groups is 4. The first-order valence-corrected chi connectivity index (χ1v) is 23.9. The van der Waals surface area contributed by atoms with Crippen LogP contribution in [0, 0.1) is 52.3 Å². The van der Waals surface area contributed by atoms with Crippen molar-refractivity contribution in [2.75, 3.05) is 6.61 Å². The molecular weight excluding hydrogens is 793 g/mol. The maximum atomic E-state index is 14.6. The molecule has 0 unspecified atom stereocenters. The highest BCUT2D eigenvalue weighted by Crippen LogP contribution is 2.68. The predicted octanol–water partition coefficient (Wildman–Crippen LogP) is 11.1. The lowest BCUT2D eigenvalue weighted by atomic mass is 9.44. The Morgan fingerprint density at radius 2 is 1.27 bits per heavy atom. The van der Waals surface area contributed by atoms with Crippen molar-refractivity contribution in [2.24, 2.45) is 52.3 Å². The van der Waals surface area contributed by atoms with E-state index in [0.717, 1.165) is 55.3 Å². The monoisotopic (exact) mass is 860 g/mol. The van der Waals surface area contributed by atoms with Crippen LogP contribution >= 0.6 is 0 Å². The first-order valence-electron chi connectivity index (χ1n) is 23.9. The zero-order valence-corrected chi connectivity index (χ0v) is 38.0. The Morgan fingerprint density at radius 3 is 1.90 bits per heavy atom. The van der Waals surface area contributed by atoms with Crippen LogP contribution in [0.25, 0.3) is 0 Å². The molecule has 0 bridgehead atoms. The van der Waals surface area contributed by atoms with Gasteiger partial charge in [0.25, 0.3) is 0 Å². The van der Waals surface area contributed by atoms with Gasteiger partial charge < -0.3 is 23.7 Å². The molecule has 1 saturated heterocycles. The minimum Gasteiger partial charge on any atom is -0.459 e. The van der Waals surface area contributed by atoms with Crippen molar-refractivity contribution in [1.29, 1.82) is 0 Å². The Hall–Kier alpha value is -4.34. The number of hydrogen-bond acceptors (Lipinski definition) is 9. The molecule has 5 aliphatic rings. The summed E-state index contributed by atoms with van der Waals surface area (Å²) in [6.07, 6.45) is 8.38. The topological polar surface area (TPSA) is 114 Å². The molecule has 0 amide bonds. The standard InChI is InChI=1S/C54H68O9/c1-34(2)16-15-17-35(3)42-26-27-43-41-25-24-39-32-40(28-30-53(39,4)44(41)29-31-54(42,43)5)60-52-46(55)48(63-51(58)38-22-13-8-14-23-38)47(62-50(57)37-20-11-7-12-21-37)45(61-52)33-59-49(56)36-18-9-6-10-19-36/h6-14,18-23,34-35,39-45,47-48,52H,15-17,24-33H2,1-5H3/t35-,39+,40+,41+,42-,43+,44+,45-,47-,48-,52-,53+,54-/m1/s1. The largest absolute Gasteiger partial charge is 0.459 e. The molecule has 4 aliphatic carbocycles. The summed E-state index contributed by atoms with van der Waals surface area (Å²) in [5.74, 6) is 2.27. The van der Waals surface area contributed by atoms with Gasteiger partial charge in [0.05, 0.1) is 22.8 Å². The van der Waals surface area contributed by atoms with Gasteiger partial charge >= 0.3 is 17.9 Å². The number of ether oxygens (including phenoxy) is 5. The first kappa shape index (κ1) is 45.2. The van der Waals surface area contributed by atoms with E-state index in [-0.39, 0.29) is 29.3 Å². The third-order valence-corrected chi connectivity index (χ3v) is 16.5. The van der Waals surface area contributed by atoms with Crippen LogP contribution in [0.5, 0.6) is 0 Å². The average Bonchev–Trinajstić information content (AvgIpc) is 3.66. The Labute approximate surface area is 374 Å². The predicted molar refractivity (Wildman–Crippen MR) is 240 cm³/mol. The van der Waals surface area contributed by atoms with Crippen LogP contribution in [0.2, 0.25) is 0 Å². The zero-order valence-electron chi connectivity index (χ0n) is 38.0. The molecule has 8 rings (SSSR count). The normalized spacial score (nSPS) is 34.2. The van der Waals surface area contributed by atoms with Crippen LogP contribution in [0.1, 0.15) is 143 Å². The summed E-state index contributed by atoms with van der Waals surface area (Å²) < 4.78 is 30.8. The van der Waals surface area contributed by atoms with E-state index in [0.29, 0.717) is 22.8 Å². The molecule has 9 heteroatoms. The molecule has 3 aromatic rings. The van der Waals surface area contributed by atoms with E-state index in [1.54, 1.807) is 91.0 Å². The second-order valence-electron chi connectivity index (χ2n) is 20.5. The van der Waals surface area contributed by atoms with Gasteiger partial charge in [-0.25, -0.2) is 14.4 Å². The molecule has 0 N–H and O–H groups in total. The Bertz CT molecular complexity index is 2040. The number of fused-ring (bicyclic) bond motifs is 5. The van der Waals surface area contributed by atoms with Crippen LogP contribution in [0.4, 0.5) is 0 Å². The molecule has 9 nitrogen and oxygen atoms in total. The van der Waals surface area contributed by atoms with Gasteiger partial charge in [-0.05, 0) is 146 Å². The minimum atomic E-state index is -1.60.